The topological polar surface area (TPSA) is 25.8 Å². The van der Waals surface area contributed by atoms with Crippen LogP contribution in [0.25, 0.3) is 11.1 Å². The van der Waals surface area contributed by atoms with Crippen molar-refractivity contribution in [3.63, 3.8) is 0 Å². The van der Waals surface area contributed by atoms with E-state index in [2.05, 4.69) is 22.1 Å². The molecule has 0 fully saturated rings. The van der Waals surface area contributed by atoms with E-state index in [0.717, 1.165) is 17.9 Å². The Morgan fingerprint density at radius 2 is 1.60 bits per heavy atom. The van der Waals surface area contributed by atoms with Crippen LogP contribution >= 0.6 is 11.8 Å². The van der Waals surface area contributed by atoms with Crippen LogP contribution in [0.2, 0.25) is 0 Å². The highest BCUT2D eigenvalue weighted by Crippen LogP contribution is 2.32. The second-order valence-electron chi connectivity index (χ2n) is 5.61. The van der Waals surface area contributed by atoms with Gasteiger partial charge in [-0.2, -0.15) is 13.2 Å². The average molecular weight is 360 g/mol. The zero-order chi connectivity index (χ0) is 17.9. The van der Waals surface area contributed by atoms with E-state index < -0.39 is 11.7 Å². The average Bonchev–Trinajstić information content (AvgIpc) is 2.61. The van der Waals surface area contributed by atoms with Gasteiger partial charge in [0.25, 0.3) is 0 Å². The number of rotatable bonds is 4. The maximum Gasteiger partial charge on any atom is 0.416 e. The quantitative estimate of drug-likeness (QED) is 0.437. The summed E-state index contributed by atoms with van der Waals surface area (Å²) >= 11 is 1.49. The van der Waals surface area contributed by atoms with Crippen molar-refractivity contribution in [1.29, 1.82) is 0 Å². The van der Waals surface area contributed by atoms with Gasteiger partial charge in [-0.25, -0.2) is 9.97 Å². The van der Waals surface area contributed by atoms with Crippen molar-refractivity contribution in [2.45, 2.75) is 24.0 Å². The molecule has 0 aliphatic heterocycles. The van der Waals surface area contributed by atoms with Crippen molar-refractivity contribution in [3.05, 3.63) is 77.6 Å². The first-order chi connectivity index (χ1) is 11.9. The molecular weight excluding hydrogens is 345 g/mol. The first-order valence-electron chi connectivity index (χ1n) is 7.60. The molecule has 0 bridgehead atoms. The molecule has 0 unspecified atom stereocenters. The Balaban J connectivity index is 1.71. The lowest BCUT2D eigenvalue weighted by molar-refractivity contribution is -0.137. The number of alkyl halides is 3. The standard InChI is InChI=1S/C19H15F3N2S/c1-13-5-7-14(8-6-13)12-25-18-23-10-16(11-24-18)15-3-2-4-17(9-15)19(20,21)22/h2-11H,12H2,1H3. The van der Waals surface area contributed by atoms with E-state index >= 15 is 0 Å². The molecule has 0 saturated carbocycles. The summed E-state index contributed by atoms with van der Waals surface area (Å²) in [6, 6.07) is 13.4. The van der Waals surface area contributed by atoms with E-state index in [0.29, 0.717) is 16.3 Å². The molecule has 2 nitrogen and oxygen atoms in total. The third-order valence-electron chi connectivity index (χ3n) is 3.64. The SMILES string of the molecule is Cc1ccc(CSc2ncc(-c3cccc(C(F)(F)F)c3)cn2)cc1. The molecule has 0 aliphatic carbocycles. The van der Waals surface area contributed by atoms with Crippen molar-refractivity contribution >= 4 is 11.8 Å². The Kier molecular flexibility index (Phi) is 5.08. The summed E-state index contributed by atoms with van der Waals surface area (Å²) in [6.45, 7) is 2.03. The first-order valence-corrected chi connectivity index (χ1v) is 8.58. The maximum atomic E-state index is 12.8. The van der Waals surface area contributed by atoms with Crippen molar-refractivity contribution in [2.75, 3.05) is 0 Å². The van der Waals surface area contributed by atoms with Gasteiger partial charge < -0.3 is 0 Å². The number of hydrogen-bond donors (Lipinski definition) is 0. The summed E-state index contributed by atoms with van der Waals surface area (Å²) in [5.41, 5.74) is 2.70. The second kappa shape index (κ2) is 7.27. The molecule has 1 heterocycles. The van der Waals surface area contributed by atoms with Crippen molar-refractivity contribution in [1.82, 2.24) is 9.97 Å². The third-order valence-corrected chi connectivity index (χ3v) is 4.59. The smallest absolute Gasteiger partial charge is 0.230 e. The number of aryl methyl sites for hydroxylation is 1. The van der Waals surface area contributed by atoms with Gasteiger partial charge in [0.05, 0.1) is 5.56 Å². The largest absolute Gasteiger partial charge is 0.416 e. The van der Waals surface area contributed by atoms with Gasteiger partial charge in [-0.15, -0.1) is 0 Å². The van der Waals surface area contributed by atoms with E-state index in [4.69, 9.17) is 0 Å². The predicted molar refractivity (Wildman–Crippen MR) is 93.2 cm³/mol. The van der Waals surface area contributed by atoms with Gasteiger partial charge in [-0.3, -0.25) is 0 Å². The fraction of sp³-hybridized carbons (Fsp3) is 0.158. The van der Waals surface area contributed by atoms with Crippen LogP contribution in [0.1, 0.15) is 16.7 Å². The molecule has 128 valence electrons. The van der Waals surface area contributed by atoms with E-state index in [1.807, 2.05) is 19.1 Å². The van der Waals surface area contributed by atoms with Crippen LogP contribution in [0.15, 0.2) is 66.1 Å². The van der Waals surface area contributed by atoms with Crippen LogP contribution in [-0.2, 0) is 11.9 Å². The molecule has 0 spiro atoms. The van der Waals surface area contributed by atoms with Gasteiger partial charge in [0.1, 0.15) is 0 Å². The fourth-order valence-electron chi connectivity index (χ4n) is 2.25. The molecule has 3 aromatic rings. The van der Waals surface area contributed by atoms with E-state index in [1.165, 1.54) is 29.0 Å². The highest BCUT2D eigenvalue weighted by atomic mass is 32.2. The fourth-order valence-corrected chi connectivity index (χ4v) is 2.99. The first kappa shape index (κ1) is 17.5. The molecular formula is C19H15F3N2S. The number of benzene rings is 2. The Morgan fingerprint density at radius 3 is 2.24 bits per heavy atom. The predicted octanol–water partition coefficient (Wildman–Crippen LogP) is 5.76. The third kappa shape index (κ3) is 4.60. The van der Waals surface area contributed by atoms with Crippen molar-refractivity contribution in [3.8, 4) is 11.1 Å². The van der Waals surface area contributed by atoms with Gasteiger partial charge >= 0.3 is 6.18 Å². The lowest BCUT2D eigenvalue weighted by Crippen LogP contribution is -2.04. The summed E-state index contributed by atoms with van der Waals surface area (Å²) in [5, 5.41) is 0.594. The Morgan fingerprint density at radius 1 is 0.920 bits per heavy atom. The minimum Gasteiger partial charge on any atom is -0.230 e. The Bertz CT molecular complexity index is 844. The maximum absolute atomic E-state index is 12.8. The molecule has 0 amide bonds. The van der Waals surface area contributed by atoms with Gasteiger partial charge in [-0.05, 0) is 30.2 Å². The summed E-state index contributed by atoms with van der Waals surface area (Å²) in [5.74, 6) is 0.739. The van der Waals surface area contributed by atoms with Crippen LogP contribution in [0.4, 0.5) is 13.2 Å². The number of halogens is 3. The van der Waals surface area contributed by atoms with Gasteiger partial charge in [-0.1, -0.05) is 53.7 Å². The van der Waals surface area contributed by atoms with E-state index in [1.54, 1.807) is 18.5 Å². The number of nitrogens with zero attached hydrogens (tertiary/aromatic N) is 2. The van der Waals surface area contributed by atoms with Crippen molar-refractivity contribution in [2.24, 2.45) is 0 Å². The molecule has 0 radical (unpaired) electrons. The second-order valence-corrected chi connectivity index (χ2v) is 6.55. The van der Waals surface area contributed by atoms with Crippen molar-refractivity contribution < 1.29 is 13.2 Å². The van der Waals surface area contributed by atoms with E-state index in [-0.39, 0.29) is 0 Å². The minimum absolute atomic E-state index is 0.449. The molecule has 6 heteroatoms. The highest BCUT2D eigenvalue weighted by Gasteiger charge is 2.30. The summed E-state index contributed by atoms with van der Waals surface area (Å²) in [7, 11) is 0. The zero-order valence-electron chi connectivity index (χ0n) is 13.4. The lowest BCUT2D eigenvalue weighted by Gasteiger charge is -2.08. The molecule has 0 saturated heterocycles. The molecule has 1 aromatic heterocycles. The van der Waals surface area contributed by atoms with Gasteiger partial charge in [0.15, 0.2) is 5.16 Å². The number of thioether (sulfide) groups is 1. The van der Waals surface area contributed by atoms with Crippen LogP contribution in [0.5, 0.6) is 0 Å². The monoisotopic (exact) mass is 360 g/mol. The molecule has 0 atom stereocenters. The Hall–Kier alpha value is -2.34. The Labute approximate surface area is 148 Å². The van der Waals surface area contributed by atoms with Crippen LogP contribution in [0, 0.1) is 6.92 Å². The van der Waals surface area contributed by atoms with E-state index in [9.17, 15) is 13.2 Å². The summed E-state index contributed by atoms with van der Waals surface area (Å²) in [4.78, 5) is 8.50. The lowest BCUT2D eigenvalue weighted by atomic mass is 10.1. The molecule has 0 aliphatic rings. The number of hydrogen-bond acceptors (Lipinski definition) is 3. The molecule has 25 heavy (non-hydrogen) atoms. The normalized spacial score (nSPS) is 11.5. The molecule has 0 N–H and O–H groups in total. The summed E-state index contributed by atoms with van der Waals surface area (Å²) < 4.78 is 38.4. The summed E-state index contributed by atoms with van der Waals surface area (Å²) in [6.07, 6.45) is -1.25. The van der Waals surface area contributed by atoms with Crippen LogP contribution in [0.3, 0.4) is 0 Å². The van der Waals surface area contributed by atoms with Gasteiger partial charge in [0.2, 0.25) is 0 Å². The minimum atomic E-state index is -4.36. The number of aromatic nitrogens is 2. The van der Waals surface area contributed by atoms with Crippen LogP contribution < -0.4 is 0 Å². The zero-order valence-corrected chi connectivity index (χ0v) is 14.2. The molecule has 2 aromatic carbocycles. The molecule has 3 rings (SSSR count). The van der Waals surface area contributed by atoms with Gasteiger partial charge in [0, 0.05) is 23.7 Å². The highest BCUT2D eigenvalue weighted by molar-refractivity contribution is 7.98. The van der Waals surface area contributed by atoms with Crippen LogP contribution in [-0.4, -0.2) is 9.97 Å².